The van der Waals surface area contributed by atoms with E-state index in [9.17, 15) is 0 Å². The van der Waals surface area contributed by atoms with Gasteiger partial charge in [0.2, 0.25) is 0 Å². The van der Waals surface area contributed by atoms with Crippen molar-refractivity contribution in [1.29, 1.82) is 0 Å². The minimum atomic E-state index is 0.402. The Morgan fingerprint density at radius 1 is 1.44 bits per heavy atom. The predicted molar refractivity (Wildman–Crippen MR) is 58.9 cm³/mol. The van der Waals surface area contributed by atoms with Gasteiger partial charge in [0, 0.05) is 12.2 Å². The molecule has 2 aromatic heterocycles. The first-order valence-corrected chi connectivity index (χ1v) is 5.18. The average molecular weight is 218 g/mol. The number of pyridine rings is 1. The van der Waals surface area contributed by atoms with Gasteiger partial charge >= 0.3 is 0 Å². The summed E-state index contributed by atoms with van der Waals surface area (Å²) in [5.74, 6) is 0.779. The SMILES string of the molecule is CC(C)NCc1nnnn1-c1cccnc1. The van der Waals surface area contributed by atoms with Crippen LogP contribution in [0.4, 0.5) is 0 Å². The van der Waals surface area contributed by atoms with Crippen molar-refractivity contribution in [1.82, 2.24) is 30.5 Å². The molecule has 6 nitrogen and oxygen atoms in total. The molecule has 0 amide bonds. The van der Waals surface area contributed by atoms with Crippen LogP contribution in [0.1, 0.15) is 19.7 Å². The first kappa shape index (κ1) is 10.7. The topological polar surface area (TPSA) is 68.5 Å². The minimum Gasteiger partial charge on any atom is -0.308 e. The lowest BCUT2D eigenvalue weighted by molar-refractivity contribution is 0.563. The number of rotatable bonds is 4. The third-order valence-corrected chi connectivity index (χ3v) is 2.09. The maximum absolute atomic E-state index is 4.04. The average Bonchev–Trinajstić information content (AvgIpc) is 2.75. The highest BCUT2D eigenvalue weighted by atomic mass is 15.5. The Bertz CT molecular complexity index is 436. The number of hydrogen-bond donors (Lipinski definition) is 1. The number of nitrogens with one attached hydrogen (secondary N) is 1. The predicted octanol–water partition coefficient (Wildman–Crippen LogP) is 0.555. The summed E-state index contributed by atoms with van der Waals surface area (Å²) in [7, 11) is 0. The minimum absolute atomic E-state index is 0.402. The van der Waals surface area contributed by atoms with Gasteiger partial charge in [-0.3, -0.25) is 4.98 Å². The highest BCUT2D eigenvalue weighted by Crippen LogP contribution is 2.04. The normalized spacial score (nSPS) is 10.9. The number of hydrogen-bond acceptors (Lipinski definition) is 5. The monoisotopic (exact) mass is 218 g/mol. The zero-order chi connectivity index (χ0) is 11.4. The molecule has 2 aromatic rings. The number of tetrazole rings is 1. The van der Waals surface area contributed by atoms with Crippen molar-refractivity contribution in [2.75, 3.05) is 0 Å². The maximum Gasteiger partial charge on any atom is 0.170 e. The van der Waals surface area contributed by atoms with Crippen LogP contribution >= 0.6 is 0 Å². The fraction of sp³-hybridized carbons (Fsp3) is 0.400. The van der Waals surface area contributed by atoms with Gasteiger partial charge in [0.15, 0.2) is 5.82 Å². The van der Waals surface area contributed by atoms with Gasteiger partial charge in [-0.05, 0) is 22.6 Å². The third kappa shape index (κ3) is 2.40. The van der Waals surface area contributed by atoms with E-state index in [1.54, 1.807) is 17.1 Å². The molecule has 2 heterocycles. The van der Waals surface area contributed by atoms with E-state index in [1.165, 1.54) is 0 Å². The van der Waals surface area contributed by atoms with Crippen molar-refractivity contribution in [3.8, 4) is 5.69 Å². The van der Waals surface area contributed by atoms with Crippen LogP contribution in [0.15, 0.2) is 24.5 Å². The Balaban J connectivity index is 2.19. The van der Waals surface area contributed by atoms with E-state index in [-0.39, 0.29) is 0 Å². The molecule has 0 radical (unpaired) electrons. The molecule has 0 atom stereocenters. The summed E-state index contributed by atoms with van der Waals surface area (Å²) in [6.07, 6.45) is 3.45. The fourth-order valence-electron chi connectivity index (χ4n) is 1.29. The number of nitrogens with zero attached hydrogens (tertiary/aromatic N) is 5. The molecular formula is C10H14N6. The molecule has 0 saturated carbocycles. The van der Waals surface area contributed by atoms with Crippen LogP contribution in [0.5, 0.6) is 0 Å². The van der Waals surface area contributed by atoms with Gasteiger partial charge in [-0.2, -0.15) is 4.68 Å². The summed E-state index contributed by atoms with van der Waals surface area (Å²) < 4.78 is 1.68. The van der Waals surface area contributed by atoms with Crippen LogP contribution in [0.25, 0.3) is 5.69 Å². The summed E-state index contributed by atoms with van der Waals surface area (Å²) in [6.45, 7) is 4.80. The number of aromatic nitrogens is 5. The van der Waals surface area contributed by atoms with Crippen molar-refractivity contribution in [3.05, 3.63) is 30.4 Å². The molecule has 0 aliphatic carbocycles. The van der Waals surface area contributed by atoms with Crippen LogP contribution in [0.2, 0.25) is 0 Å². The van der Waals surface area contributed by atoms with Gasteiger partial charge in [-0.1, -0.05) is 13.8 Å². The largest absolute Gasteiger partial charge is 0.308 e. The van der Waals surface area contributed by atoms with Gasteiger partial charge in [0.1, 0.15) is 0 Å². The van der Waals surface area contributed by atoms with Gasteiger partial charge < -0.3 is 5.32 Å². The van der Waals surface area contributed by atoms with E-state index in [1.807, 2.05) is 12.1 Å². The molecule has 0 saturated heterocycles. The van der Waals surface area contributed by atoms with E-state index < -0.39 is 0 Å². The molecule has 16 heavy (non-hydrogen) atoms. The quantitative estimate of drug-likeness (QED) is 0.811. The van der Waals surface area contributed by atoms with E-state index in [0.717, 1.165) is 11.5 Å². The van der Waals surface area contributed by atoms with Gasteiger partial charge in [-0.25, -0.2) is 0 Å². The molecule has 0 spiro atoms. The van der Waals surface area contributed by atoms with E-state index in [0.29, 0.717) is 12.6 Å². The van der Waals surface area contributed by atoms with Crippen LogP contribution < -0.4 is 5.32 Å². The molecule has 0 aromatic carbocycles. The molecular weight excluding hydrogens is 204 g/mol. The van der Waals surface area contributed by atoms with Gasteiger partial charge in [0.25, 0.3) is 0 Å². The van der Waals surface area contributed by atoms with Crippen molar-refractivity contribution >= 4 is 0 Å². The van der Waals surface area contributed by atoms with E-state index >= 15 is 0 Å². The smallest absolute Gasteiger partial charge is 0.170 e. The second-order valence-electron chi connectivity index (χ2n) is 3.75. The summed E-state index contributed by atoms with van der Waals surface area (Å²) in [4.78, 5) is 4.04. The zero-order valence-electron chi connectivity index (χ0n) is 9.33. The molecule has 1 N–H and O–H groups in total. The molecule has 0 aliphatic rings. The highest BCUT2D eigenvalue weighted by molar-refractivity contribution is 5.26. The van der Waals surface area contributed by atoms with Crippen LogP contribution in [-0.4, -0.2) is 31.2 Å². The maximum atomic E-state index is 4.04. The van der Waals surface area contributed by atoms with Crippen molar-refractivity contribution in [2.45, 2.75) is 26.4 Å². The highest BCUT2D eigenvalue weighted by Gasteiger charge is 2.07. The second kappa shape index (κ2) is 4.80. The van der Waals surface area contributed by atoms with Crippen molar-refractivity contribution < 1.29 is 0 Å². The lowest BCUT2D eigenvalue weighted by Gasteiger charge is -2.07. The molecule has 0 fully saturated rings. The Morgan fingerprint density at radius 2 is 2.31 bits per heavy atom. The standard InChI is InChI=1S/C10H14N6/c1-8(2)12-7-10-13-14-15-16(10)9-4-3-5-11-6-9/h3-6,8,12H,7H2,1-2H3. The first-order chi connectivity index (χ1) is 7.77. The molecule has 2 rings (SSSR count). The van der Waals surface area contributed by atoms with Crippen molar-refractivity contribution in [2.24, 2.45) is 0 Å². The van der Waals surface area contributed by atoms with Crippen LogP contribution in [-0.2, 0) is 6.54 Å². The van der Waals surface area contributed by atoms with Crippen LogP contribution in [0.3, 0.4) is 0 Å². The Hall–Kier alpha value is -1.82. The summed E-state index contributed by atoms with van der Waals surface area (Å²) in [5.41, 5.74) is 0.869. The Morgan fingerprint density at radius 3 is 3.00 bits per heavy atom. The Kier molecular flexibility index (Phi) is 3.21. The van der Waals surface area contributed by atoms with Gasteiger partial charge in [-0.15, -0.1) is 5.10 Å². The Labute approximate surface area is 93.7 Å². The summed E-state index contributed by atoms with van der Waals surface area (Å²) in [5, 5.41) is 14.9. The van der Waals surface area contributed by atoms with Crippen molar-refractivity contribution in [3.63, 3.8) is 0 Å². The second-order valence-corrected chi connectivity index (χ2v) is 3.75. The molecule has 6 heteroatoms. The molecule has 0 unspecified atom stereocenters. The zero-order valence-corrected chi connectivity index (χ0v) is 9.33. The van der Waals surface area contributed by atoms with Gasteiger partial charge in [0.05, 0.1) is 18.4 Å². The fourth-order valence-corrected chi connectivity index (χ4v) is 1.29. The summed E-state index contributed by atoms with van der Waals surface area (Å²) in [6, 6.07) is 4.18. The lowest BCUT2D eigenvalue weighted by atomic mass is 10.4. The summed E-state index contributed by atoms with van der Waals surface area (Å²) >= 11 is 0. The molecule has 0 bridgehead atoms. The molecule has 0 aliphatic heterocycles. The first-order valence-electron chi connectivity index (χ1n) is 5.18. The van der Waals surface area contributed by atoms with E-state index in [4.69, 9.17) is 0 Å². The van der Waals surface area contributed by atoms with E-state index in [2.05, 4.69) is 39.7 Å². The lowest BCUT2D eigenvalue weighted by Crippen LogP contribution is -2.24. The third-order valence-electron chi connectivity index (χ3n) is 2.09. The molecule has 84 valence electrons. The van der Waals surface area contributed by atoms with Crippen LogP contribution in [0, 0.1) is 0 Å².